The summed E-state index contributed by atoms with van der Waals surface area (Å²) in [7, 11) is 0. The summed E-state index contributed by atoms with van der Waals surface area (Å²) in [5.74, 6) is -2.50. The van der Waals surface area contributed by atoms with Crippen LogP contribution in [0, 0.1) is 0 Å². The van der Waals surface area contributed by atoms with Gasteiger partial charge in [0, 0.05) is 13.1 Å². The van der Waals surface area contributed by atoms with Gasteiger partial charge in [-0.2, -0.15) is 9.98 Å². The van der Waals surface area contributed by atoms with Crippen molar-refractivity contribution in [3.63, 3.8) is 0 Å². The van der Waals surface area contributed by atoms with Crippen LogP contribution in [0.5, 0.6) is 0 Å². The minimum absolute atomic E-state index is 0. The zero-order valence-electron chi connectivity index (χ0n) is 19.1. The van der Waals surface area contributed by atoms with Gasteiger partial charge in [0.1, 0.15) is 0 Å². The molecule has 0 radical (unpaired) electrons. The number of unbranched alkanes of at least 4 members (excludes halogenated alkanes) is 2. The zero-order valence-corrected chi connectivity index (χ0v) is 22.2. The van der Waals surface area contributed by atoms with Crippen molar-refractivity contribution in [1.82, 2.24) is 30.6 Å². The van der Waals surface area contributed by atoms with Crippen LogP contribution in [0.3, 0.4) is 0 Å². The van der Waals surface area contributed by atoms with E-state index in [1.165, 1.54) is 0 Å². The number of aromatic nitrogens is 4. The summed E-state index contributed by atoms with van der Waals surface area (Å²) >= 11 is 11.5. The summed E-state index contributed by atoms with van der Waals surface area (Å²) in [6.07, 6.45) is 2.13. The van der Waals surface area contributed by atoms with Gasteiger partial charge >= 0.3 is 11.8 Å². The summed E-state index contributed by atoms with van der Waals surface area (Å²) in [6, 6.07) is 0. The van der Waals surface area contributed by atoms with E-state index in [9.17, 15) is 9.59 Å². The SMILES string of the molecule is Cl.Cl.NC(=NC(=O)c1nc(Cl)c(N)nc1N)NCCCCCNC(N)=NC(=O)c1nc(Cl)c(N)nc1N. The molecule has 0 aliphatic rings. The van der Waals surface area contributed by atoms with Crippen LogP contribution in [-0.4, -0.2) is 56.8 Å². The average molecular weight is 600 g/mol. The molecule has 14 N–H and O–H groups in total. The van der Waals surface area contributed by atoms with Gasteiger partial charge in [-0.05, 0) is 19.3 Å². The average Bonchev–Trinajstić information content (AvgIpc) is 2.77. The number of rotatable bonds is 8. The molecule has 2 amide bonds. The van der Waals surface area contributed by atoms with E-state index in [0.717, 1.165) is 6.42 Å². The van der Waals surface area contributed by atoms with Crippen molar-refractivity contribution in [3.05, 3.63) is 21.7 Å². The first kappa shape index (κ1) is 33.4. The van der Waals surface area contributed by atoms with Crippen LogP contribution in [0.1, 0.15) is 40.2 Å². The summed E-state index contributed by atoms with van der Waals surface area (Å²) < 4.78 is 0. The standard InChI is InChI=1S/C17H24Cl2N14O2.2ClH/c18-8-12(22)30-10(20)6(28-8)14(34)32-16(24)26-4-2-1-3-5-27-17(25)33-15(35)7-11(21)31-13(23)9(19)29-7;;/h1-5H2,(H4,20,22,30)(H4,21,23,31)(H3,24,26,32,34)(H3,25,27,33,35);2*1H. The highest BCUT2D eigenvalue weighted by Gasteiger charge is 2.17. The van der Waals surface area contributed by atoms with Gasteiger partial charge in [-0.1, -0.05) is 23.2 Å². The number of amides is 2. The van der Waals surface area contributed by atoms with E-state index >= 15 is 0 Å². The Labute approximate surface area is 233 Å². The molecule has 0 atom stereocenters. The van der Waals surface area contributed by atoms with E-state index in [2.05, 4.69) is 40.6 Å². The topological polar surface area (TPSA) is 291 Å². The maximum Gasteiger partial charge on any atom is 0.302 e. The van der Waals surface area contributed by atoms with Crippen LogP contribution in [0.25, 0.3) is 0 Å². The maximum atomic E-state index is 12.1. The van der Waals surface area contributed by atoms with Crippen molar-refractivity contribution >= 4 is 95.0 Å². The normalized spacial score (nSPS) is 11.2. The Hall–Kier alpha value is -3.60. The van der Waals surface area contributed by atoms with Crippen molar-refractivity contribution in [1.29, 1.82) is 0 Å². The lowest BCUT2D eigenvalue weighted by Gasteiger charge is -2.07. The first-order valence-electron chi connectivity index (χ1n) is 9.91. The summed E-state index contributed by atoms with van der Waals surface area (Å²) in [6.45, 7) is 0.869. The van der Waals surface area contributed by atoms with Gasteiger partial charge < -0.3 is 45.0 Å². The number of halogens is 4. The fraction of sp³-hybridized carbons (Fsp3) is 0.294. The molecule has 0 saturated heterocycles. The molecular weight excluding hydrogens is 574 g/mol. The predicted octanol–water partition coefficient (Wildman–Crippen LogP) is -0.295. The number of guanidine groups is 2. The highest BCUT2D eigenvalue weighted by molar-refractivity contribution is 6.32. The molecule has 2 aromatic heterocycles. The number of nitrogens with two attached hydrogens (primary N) is 6. The largest absolute Gasteiger partial charge is 0.382 e. The van der Waals surface area contributed by atoms with E-state index in [-0.39, 0.29) is 81.7 Å². The Morgan fingerprint density at radius 2 is 1.00 bits per heavy atom. The first-order valence-corrected chi connectivity index (χ1v) is 10.7. The van der Waals surface area contributed by atoms with E-state index < -0.39 is 11.8 Å². The second-order valence-electron chi connectivity index (χ2n) is 6.79. The lowest BCUT2D eigenvalue weighted by atomic mass is 10.2. The molecule has 0 aromatic carbocycles. The van der Waals surface area contributed by atoms with E-state index in [4.69, 9.17) is 57.6 Å². The third kappa shape index (κ3) is 10.1. The molecular formula is C17H26Cl4N14O2. The Balaban J connectivity index is 0.00000648. The quantitative estimate of drug-likeness (QED) is 0.110. The fourth-order valence-electron chi connectivity index (χ4n) is 2.46. The summed E-state index contributed by atoms with van der Waals surface area (Å²) in [5, 5.41) is 5.25. The number of carbonyl (C=O) groups is 2. The molecule has 2 heterocycles. The van der Waals surface area contributed by atoms with Gasteiger partial charge in [0.2, 0.25) is 0 Å². The minimum atomic E-state index is -0.815. The fourth-order valence-corrected chi connectivity index (χ4v) is 2.71. The number of carbonyl (C=O) groups excluding carboxylic acids is 2. The highest BCUT2D eigenvalue weighted by atomic mass is 35.5. The molecule has 2 rings (SSSR count). The number of hydrogen-bond acceptors (Lipinski definition) is 10. The molecule has 204 valence electrons. The van der Waals surface area contributed by atoms with Gasteiger partial charge in [-0.3, -0.25) is 9.59 Å². The molecule has 2 aromatic rings. The summed E-state index contributed by atoms with van der Waals surface area (Å²) in [4.78, 5) is 46.5. The molecule has 0 aliphatic carbocycles. The number of anilines is 4. The van der Waals surface area contributed by atoms with E-state index in [1.54, 1.807) is 0 Å². The number of aliphatic imine (C=N–C) groups is 2. The first-order chi connectivity index (χ1) is 16.5. The van der Waals surface area contributed by atoms with Crippen LogP contribution in [0.4, 0.5) is 23.3 Å². The van der Waals surface area contributed by atoms with Gasteiger partial charge in [0.25, 0.3) is 0 Å². The molecule has 16 nitrogen and oxygen atoms in total. The number of hydrogen-bond donors (Lipinski definition) is 8. The second-order valence-corrected chi connectivity index (χ2v) is 7.50. The summed E-state index contributed by atoms with van der Waals surface area (Å²) in [5.41, 5.74) is 33.0. The number of nitrogens with one attached hydrogen (secondary N) is 2. The Bertz CT molecular complexity index is 1090. The van der Waals surface area contributed by atoms with E-state index in [0.29, 0.717) is 25.9 Å². The Kier molecular flexibility index (Phi) is 14.0. The molecule has 20 heteroatoms. The van der Waals surface area contributed by atoms with Crippen molar-refractivity contribution in [2.75, 3.05) is 36.0 Å². The van der Waals surface area contributed by atoms with Gasteiger partial charge in [-0.15, -0.1) is 24.8 Å². The van der Waals surface area contributed by atoms with Gasteiger partial charge in [-0.25, -0.2) is 19.9 Å². The molecule has 37 heavy (non-hydrogen) atoms. The Morgan fingerprint density at radius 3 is 1.35 bits per heavy atom. The zero-order chi connectivity index (χ0) is 26.1. The third-order valence-electron chi connectivity index (χ3n) is 4.12. The maximum absolute atomic E-state index is 12.1. The molecule has 0 bridgehead atoms. The molecule has 0 fully saturated rings. The number of nitrogens with zero attached hydrogens (tertiary/aromatic N) is 6. The third-order valence-corrected chi connectivity index (χ3v) is 4.68. The van der Waals surface area contributed by atoms with Crippen LogP contribution < -0.4 is 45.0 Å². The predicted molar refractivity (Wildman–Crippen MR) is 148 cm³/mol. The van der Waals surface area contributed by atoms with Gasteiger partial charge in [0.15, 0.2) is 56.9 Å². The number of nitrogen functional groups attached to an aromatic ring is 4. The molecule has 0 aliphatic heterocycles. The lowest BCUT2D eigenvalue weighted by Crippen LogP contribution is -2.34. The van der Waals surface area contributed by atoms with Crippen molar-refractivity contribution in [3.8, 4) is 0 Å². The van der Waals surface area contributed by atoms with Crippen molar-refractivity contribution in [2.24, 2.45) is 21.5 Å². The lowest BCUT2D eigenvalue weighted by molar-refractivity contribution is 0.0990. The van der Waals surface area contributed by atoms with Crippen LogP contribution >= 0.6 is 48.0 Å². The van der Waals surface area contributed by atoms with E-state index in [1.807, 2.05) is 0 Å². The molecule has 0 unspecified atom stereocenters. The highest BCUT2D eigenvalue weighted by Crippen LogP contribution is 2.18. The van der Waals surface area contributed by atoms with Crippen LogP contribution in [-0.2, 0) is 0 Å². The van der Waals surface area contributed by atoms with Crippen LogP contribution in [0.2, 0.25) is 10.3 Å². The van der Waals surface area contributed by atoms with Gasteiger partial charge in [0.05, 0.1) is 0 Å². The van der Waals surface area contributed by atoms with Crippen LogP contribution in [0.15, 0.2) is 9.98 Å². The van der Waals surface area contributed by atoms with Crippen molar-refractivity contribution < 1.29 is 9.59 Å². The molecule has 0 saturated carbocycles. The Morgan fingerprint density at radius 1 is 0.649 bits per heavy atom. The monoisotopic (exact) mass is 598 g/mol. The minimum Gasteiger partial charge on any atom is -0.382 e. The van der Waals surface area contributed by atoms with Crippen molar-refractivity contribution in [2.45, 2.75) is 19.3 Å². The smallest absolute Gasteiger partial charge is 0.302 e. The molecule has 0 spiro atoms. The second kappa shape index (κ2) is 15.5.